The minimum absolute atomic E-state index is 0.0277. The molecule has 0 saturated heterocycles. The van der Waals surface area contributed by atoms with E-state index in [1.54, 1.807) is 18.4 Å². The Morgan fingerprint density at radius 3 is 2.57 bits per heavy atom. The van der Waals surface area contributed by atoms with Crippen LogP contribution in [0.1, 0.15) is 49.0 Å². The maximum absolute atomic E-state index is 5.88. The highest BCUT2D eigenvalue weighted by atomic mass is 32.1. The van der Waals surface area contributed by atoms with Crippen LogP contribution in [0.25, 0.3) is 0 Å². The molecule has 21 heavy (non-hydrogen) atoms. The zero-order valence-electron chi connectivity index (χ0n) is 12.9. The molecule has 1 aromatic heterocycles. The zero-order chi connectivity index (χ0) is 15.4. The van der Waals surface area contributed by atoms with Crippen molar-refractivity contribution >= 4 is 11.3 Å². The van der Waals surface area contributed by atoms with Crippen LogP contribution in [0.2, 0.25) is 0 Å². The van der Waals surface area contributed by atoms with E-state index in [1.165, 1.54) is 0 Å². The molecule has 0 aliphatic rings. The van der Waals surface area contributed by atoms with Crippen molar-refractivity contribution in [2.45, 2.75) is 39.3 Å². The molecular weight excluding hydrogens is 284 g/mol. The quantitative estimate of drug-likeness (QED) is 0.880. The molecule has 0 amide bonds. The van der Waals surface area contributed by atoms with Gasteiger partial charge in [0.25, 0.3) is 0 Å². The molecule has 2 N–H and O–H groups in total. The number of thiazole rings is 1. The molecule has 0 unspecified atom stereocenters. The second kappa shape index (κ2) is 6.91. The fourth-order valence-corrected chi connectivity index (χ4v) is 2.71. The predicted molar refractivity (Wildman–Crippen MR) is 86.1 cm³/mol. The van der Waals surface area contributed by atoms with Gasteiger partial charge in [0.2, 0.25) is 0 Å². The van der Waals surface area contributed by atoms with Gasteiger partial charge >= 0.3 is 0 Å². The Kier molecular flexibility index (Phi) is 5.20. The van der Waals surface area contributed by atoms with Crippen LogP contribution in [0.3, 0.4) is 0 Å². The van der Waals surface area contributed by atoms with E-state index in [0.29, 0.717) is 24.0 Å². The van der Waals surface area contributed by atoms with E-state index < -0.39 is 0 Å². The minimum Gasteiger partial charge on any atom is -0.493 e. The molecule has 1 atom stereocenters. The van der Waals surface area contributed by atoms with Gasteiger partial charge in [-0.05, 0) is 24.6 Å². The molecule has 0 bridgehead atoms. The molecular formula is C16H22N2O2S. The summed E-state index contributed by atoms with van der Waals surface area (Å²) in [6.07, 6.45) is 0. The van der Waals surface area contributed by atoms with Gasteiger partial charge in [0.05, 0.1) is 17.8 Å². The lowest BCUT2D eigenvalue weighted by Crippen LogP contribution is -2.06. The van der Waals surface area contributed by atoms with Gasteiger partial charge in [0, 0.05) is 17.3 Å². The Labute approximate surface area is 129 Å². The van der Waals surface area contributed by atoms with Gasteiger partial charge in [0.15, 0.2) is 11.5 Å². The molecule has 0 aliphatic carbocycles. The first-order valence-electron chi connectivity index (χ1n) is 7.02. The van der Waals surface area contributed by atoms with Crippen LogP contribution >= 0.6 is 11.3 Å². The summed E-state index contributed by atoms with van der Waals surface area (Å²) in [6.45, 7) is 6.66. The molecule has 1 heterocycles. The van der Waals surface area contributed by atoms with Crippen molar-refractivity contribution in [1.29, 1.82) is 0 Å². The van der Waals surface area contributed by atoms with Crippen molar-refractivity contribution in [1.82, 2.24) is 4.98 Å². The van der Waals surface area contributed by atoms with Crippen molar-refractivity contribution in [3.63, 3.8) is 0 Å². The number of aromatic nitrogens is 1. The van der Waals surface area contributed by atoms with Crippen LogP contribution in [-0.4, -0.2) is 12.1 Å². The fraction of sp³-hybridized carbons (Fsp3) is 0.438. The first-order valence-corrected chi connectivity index (χ1v) is 7.89. The Balaban J connectivity index is 2.08. The first-order chi connectivity index (χ1) is 10.0. The maximum Gasteiger partial charge on any atom is 0.161 e. The van der Waals surface area contributed by atoms with Crippen molar-refractivity contribution in [3.05, 3.63) is 39.8 Å². The number of nitrogens with two attached hydrogens (primary N) is 1. The van der Waals surface area contributed by atoms with Crippen LogP contribution in [0, 0.1) is 0 Å². The highest BCUT2D eigenvalue weighted by Crippen LogP contribution is 2.30. The summed E-state index contributed by atoms with van der Waals surface area (Å²) in [4.78, 5) is 4.56. The molecule has 114 valence electrons. The SMILES string of the molecule is COc1cc([C@@H](C)N)ccc1OCc1csc(C(C)C)n1. The zero-order valence-corrected chi connectivity index (χ0v) is 13.7. The summed E-state index contributed by atoms with van der Waals surface area (Å²) in [5, 5.41) is 3.17. The predicted octanol–water partition coefficient (Wildman–Crippen LogP) is 3.87. The number of nitrogens with zero attached hydrogens (tertiary/aromatic N) is 1. The van der Waals surface area contributed by atoms with Gasteiger partial charge in [0.1, 0.15) is 6.61 Å². The summed E-state index contributed by atoms with van der Waals surface area (Å²) in [7, 11) is 1.63. The maximum atomic E-state index is 5.88. The number of hydrogen-bond acceptors (Lipinski definition) is 5. The summed E-state index contributed by atoms with van der Waals surface area (Å²) < 4.78 is 11.2. The second-order valence-electron chi connectivity index (χ2n) is 5.32. The van der Waals surface area contributed by atoms with E-state index in [0.717, 1.165) is 16.3 Å². The lowest BCUT2D eigenvalue weighted by atomic mass is 10.1. The molecule has 0 radical (unpaired) electrons. The third kappa shape index (κ3) is 3.95. The largest absolute Gasteiger partial charge is 0.493 e. The standard InChI is InChI=1S/C16H22N2O2S/c1-10(2)16-18-13(9-21-16)8-20-14-6-5-12(11(3)17)7-15(14)19-4/h5-7,9-11H,8,17H2,1-4H3/t11-/m1/s1. The fourth-order valence-electron chi connectivity index (χ4n) is 1.89. The smallest absolute Gasteiger partial charge is 0.161 e. The average Bonchev–Trinajstić information content (AvgIpc) is 2.93. The van der Waals surface area contributed by atoms with Gasteiger partial charge in [-0.3, -0.25) is 0 Å². The second-order valence-corrected chi connectivity index (χ2v) is 6.21. The highest BCUT2D eigenvalue weighted by Gasteiger charge is 2.10. The van der Waals surface area contributed by atoms with E-state index in [-0.39, 0.29) is 6.04 Å². The van der Waals surface area contributed by atoms with Crippen molar-refractivity contribution in [3.8, 4) is 11.5 Å². The van der Waals surface area contributed by atoms with Gasteiger partial charge in [-0.1, -0.05) is 19.9 Å². The molecule has 0 saturated carbocycles. The van der Waals surface area contributed by atoms with E-state index in [2.05, 4.69) is 18.8 Å². The number of methoxy groups -OCH3 is 1. The highest BCUT2D eigenvalue weighted by molar-refractivity contribution is 7.09. The number of ether oxygens (including phenoxy) is 2. The minimum atomic E-state index is -0.0277. The molecule has 4 nitrogen and oxygen atoms in total. The van der Waals surface area contributed by atoms with Crippen LogP contribution in [-0.2, 0) is 6.61 Å². The molecule has 2 aromatic rings. The average molecular weight is 306 g/mol. The van der Waals surface area contributed by atoms with Crippen LogP contribution in [0.4, 0.5) is 0 Å². The van der Waals surface area contributed by atoms with Gasteiger partial charge in [-0.25, -0.2) is 4.98 Å². The molecule has 5 heteroatoms. The first kappa shape index (κ1) is 15.8. The van der Waals surface area contributed by atoms with Crippen LogP contribution in [0.15, 0.2) is 23.6 Å². The van der Waals surface area contributed by atoms with Crippen molar-refractivity contribution < 1.29 is 9.47 Å². The monoisotopic (exact) mass is 306 g/mol. The topological polar surface area (TPSA) is 57.4 Å². The lowest BCUT2D eigenvalue weighted by molar-refractivity contribution is 0.281. The van der Waals surface area contributed by atoms with Crippen molar-refractivity contribution in [2.24, 2.45) is 5.73 Å². The summed E-state index contributed by atoms with van der Waals surface area (Å²) in [6, 6.07) is 5.75. The van der Waals surface area contributed by atoms with Gasteiger partial charge < -0.3 is 15.2 Å². The van der Waals surface area contributed by atoms with E-state index in [4.69, 9.17) is 15.2 Å². The Morgan fingerprint density at radius 1 is 1.24 bits per heavy atom. The summed E-state index contributed by atoms with van der Waals surface area (Å²) in [5.74, 6) is 1.86. The van der Waals surface area contributed by atoms with Crippen LogP contribution in [0.5, 0.6) is 11.5 Å². The normalized spacial score (nSPS) is 12.5. The summed E-state index contributed by atoms with van der Waals surface area (Å²) in [5.41, 5.74) is 7.85. The number of rotatable bonds is 6. The Bertz CT molecular complexity index is 594. The van der Waals surface area contributed by atoms with Gasteiger partial charge in [-0.15, -0.1) is 11.3 Å². The molecule has 1 aromatic carbocycles. The molecule has 2 rings (SSSR count). The van der Waals surface area contributed by atoms with E-state index in [9.17, 15) is 0 Å². The third-order valence-corrected chi connectivity index (χ3v) is 4.35. The Hall–Kier alpha value is -1.59. The van der Waals surface area contributed by atoms with E-state index >= 15 is 0 Å². The van der Waals surface area contributed by atoms with Crippen LogP contribution < -0.4 is 15.2 Å². The number of benzene rings is 1. The van der Waals surface area contributed by atoms with Gasteiger partial charge in [-0.2, -0.15) is 0 Å². The Morgan fingerprint density at radius 2 is 2.00 bits per heavy atom. The number of hydrogen-bond donors (Lipinski definition) is 1. The summed E-state index contributed by atoms with van der Waals surface area (Å²) >= 11 is 1.67. The van der Waals surface area contributed by atoms with E-state index in [1.807, 2.05) is 30.5 Å². The lowest BCUT2D eigenvalue weighted by Gasteiger charge is -2.13. The molecule has 0 spiro atoms. The molecule has 0 fully saturated rings. The third-order valence-electron chi connectivity index (χ3n) is 3.15. The van der Waals surface area contributed by atoms with Crippen molar-refractivity contribution in [2.75, 3.05) is 7.11 Å². The molecule has 0 aliphatic heterocycles.